The van der Waals surface area contributed by atoms with Crippen LogP contribution in [0.1, 0.15) is 19.5 Å². The number of thiocarbonyl (C=S) groups is 1. The Bertz CT molecular complexity index is 490. The molecule has 0 aromatic carbocycles. The standard InChI is InChI=1S/C13H17N3OS/c1-9(2)8-16-12(17)11(15(3)13(16)18)7-10-5-4-6-14-10/h4-7,9,14H,8H2,1-3H3/b11-7+. The third kappa shape index (κ3) is 2.31. The summed E-state index contributed by atoms with van der Waals surface area (Å²) < 4.78 is 0. The number of aromatic amines is 1. The molecule has 1 aromatic heterocycles. The van der Waals surface area contributed by atoms with Gasteiger partial charge in [0.15, 0.2) is 5.11 Å². The summed E-state index contributed by atoms with van der Waals surface area (Å²) in [6.45, 7) is 4.80. The van der Waals surface area contributed by atoms with E-state index in [4.69, 9.17) is 12.2 Å². The molecule has 1 aliphatic rings. The second-order valence-corrected chi connectivity index (χ2v) is 5.17. The third-order valence-electron chi connectivity index (χ3n) is 2.81. The number of aromatic nitrogens is 1. The molecule has 0 radical (unpaired) electrons. The van der Waals surface area contributed by atoms with Gasteiger partial charge in [0.25, 0.3) is 5.91 Å². The minimum atomic E-state index is -0.0224. The highest BCUT2D eigenvalue weighted by molar-refractivity contribution is 7.80. The van der Waals surface area contributed by atoms with Crippen molar-refractivity contribution in [3.8, 4) is 0 Å². The van der Waals surface area contributed by atoms with Crippen molar-refractivity contribution < 1.29 is 4.79 Å². The lowest BCUT2D eigenvalue weighted by atomic mass is 10.2. The molecule has 0 aliphatic carbocycles. The van der Waals surface area contributed by atoms with E-state index in [0.29, 0.717) is 23.3 Å². The van der Waals surface area contributed by atoms with E-state index in [1.165, 1.54) is 0 Å². The van der Waals surface area contributed by atoms with E-state index in [2.05, 4.69) is 18.8 Å². The minimum Gasteiger partial charge on any atom is -0.362 e. The van der Waals surface area contributed by atoms with Gasteiger partial charge in [-0.15, -0.1) is 0 Å². The summed E-state index contributed by atoms with van der Waals surface area (Å²) in [6, 6.07) is 3.82. The molecule has 1 saturated heterocycles. The van der Waals surface area contributed by atoms with Crippen LogP contribution < -0.4 is 0 Å². The van der Waals surface area contributed by atoms with Crippen molar-refractivity contribution in [2.24, 2.45) is 5.92 Å². The Kier molecular flexibility index (Phi) is 3.52. The minimum absolute atomic E-state index is 0.0224. The number of nitrogens with zero attached hydrogens (tertiary/aromatic N) is 2. The number of hydrogen-bond acceptors (Lipinski definition) is 2. The van der Waals surface area contributed by atoms with Crippen LogP contribution >= 0.6 is 12.2 Å². The third-order valence-corrected chi connectivity index (χ3v) is 3.30. The normalized spacial score (nSPS) is 18.6. The largest absolute Gasteiger partial charge is 0.362 e. The van der Waals surface area contributed by atoms with Crippen LogP contribution in [0.5, 0.6) is 0 Å². The fourth-order valence-electron chi connectivity index (χ4n) is 1.92. The molecule has 2 rings (SSSR count). The molecular weight excluding hydrogens is 246 g/mol. The van der Waals surface area contributed by atoms with Crippen LogP contribution in [0.3, 0.4) is 0 Å². The van der Waals surface area contributed by atoms with Crippen LogP contribution in [-0.2, 0) is 4.79 Å². The quantitative estimate of drug-likeness (QED) is 0.670. The first-order chi connectivity index (χ1) is 8.50. The lowest BCUT2D eigenvalue weighted by Gasteiger charge is -2.18. The maximum atomic E-state index is 12.3. The topological polar surface area (TPSA) is 39.3 Å². The van der Waals surface area contributed by atoms with Crippen molar-refractivity contribution in [3.05, 3.63) is 29.7 Å². The summed E-state index contributed by atoms with van der Waals surface area (Å²) in [4.78, 5) is 18.8. The number of hydrogen-bond donors (Lipinski definition) is 1. The summed E-state index contributed by atoms with van der Waals surface area (Å²) in [5, 5.41) is 0.575. The van der Waals surface area contributed by atoms with Crippen molar-refractivity contribution in [2.45, 2.75) is 13.8 Å². The zero-order valence-corrected chi connectivity index (χ0v) is 11.6. The number of carbonyl (C=O) groups is 1. The van der Waals surface area contributed by atoms with Gasteiger partial charge >= 0.3 is 0 Å². The highest BCUT2D eigenvalue weighted by atomic mass is 32.1. The van der Waals surface area contributed by atoms with Gasteiger partial charge in [-0.1, -0.05) is 13.8 Å². The highest BCUT2D eigenvalue weighted by Gasteiger charge is 2.35. The van der Waals surface area contributed by atoms with E-state index in [1.54, 1.807) is 9.80 Å². The van der Waals surface area contributed by atoms with E-state index in [9.17, 15) is 4.79 Å². The van der Waals surface area contributed by atoms with E-state index in [1.807, 2.05) is 31.5 Å². The SMILES string of the molecule is CC(C)CN1C(=O)/C(=C\c2ccc[nH]2)N(C)C1=S. The number of likely N-dealkylation sites (N-methyl/N-ethyl adjacent to an activating group) is 1. The Balaban J connectivity index is 2.28. The van der Waals surface area contributed by atoms with Crippen molar-refractivity contribution in [1.29, 1.82) is 0 Å². The fourth-order valence-corrected chi connectivity index (χ4v) is 2.17. The maximum Gasteiger partial charge on any atom is 0.276 e. The molecule has 1 aliphatic heterocycles. The average molecular weight is 263 g/mol. The van der Waals surface area contributed by atoms with Gasteiger partial charge in [-0.25, -0.2) is 0 Å². The lowest BCUT2D eigenvalue weighted by Crippen LogP contribution is -2.34. The molecule has 0 unspecified atom stereocenters. The van der Waals surface area contributed by atoms with Gasteiger partial charge in [-0.05, 0) is 36.3 Å². The maximum absolute atomic E-state index is 12.3. The van der Waals surface area contributed by atoms with Crippen LogP contribution in [0.4, 0.5) is 0 Å². The summed E-state index contributed by atoms with van der Waals surface area (Å²) >= 11 is 5.31. The number of rotatable bonds is 3. The van der Waals surface area contributed by atoms with Crippen molar-refractivity contribution in [3.63, 3.8) is 0 Å². The number of H-pyrrole nitrogens is 1. The molecule has 4 nitrogen and oxygen atoms in total. The number of carbonyl (C=O) groups excluding carboxylic acids is 1. The van der Waals surface area contributed by atoms with E-state index in [0.717, 1.165) is 5.69 Å². The van der Waals surface area contributed by atoms with E-state index < -0.39 is 0 Å². The first-order valence-electron chi connectivity index (χ1n) is 5.95. The predicted octanol–water partition coefficient (Wildman–Crippen LogP) is 2.07. The Morgan fingerprint density at radius 1 is 1.50 bits per heavy atom. The van der Waals surface area contributed by atoms with Gasteiger partial charge in [-0.2, -0.15) is 0 Å². The zero-order chi connectivity index (χ0) is 13.3. The molecule has 1 aromatic rings. The summed E-state index contributed by atoms with van der Waals surface area (Å²) in [6.07, 6.45) is 3.66. The monoisotopic (exact) mass is 263 g/mol. The van der Waals surface area contributed by atoms with Gasteiger partial charge < -0.3 is 9.88 Å². The summed E-state index contributed by atoms with van der Waals surface area (Å²) in [5.41, 5.74) is 1.52. The zero-order valence-electron chi connectivity index (χ0n) is 10.8. The molecule has 2 heterocycles. The molecule has 0 bridgehead atoms. The smallest absolute Gasteiger partial charge is 0.276 e. The Labute approximate surface area is 112 Å². The summed E-state index contributed by atoms with van der Waals surface area (Å²) in [5.74, 6) is 0.371. The van der Waals surface area contributed by atoms with Crippen LogP contribution in [0.15, 0.2) is 24.0 Å². The van der Waals surface area contributed by atoms with Crippen LogP contribution in [0.25, 0.3) is 6.08 Å². The molecular formula is C13H17N3OS. The van der Waals surface area contributed by atoms with Crippen molar-refractivity contribution in [1.82, 2.24) is 14.8 Å². The van der Waals surface area contributed by atoms with Crippen molar-refractivity contribution in [2.75, 3.05) is 13.6 Å². The molecule has 0 saturated carbocycles. The van der Waals surface area contributed by atoms with Crippen LogP contribution in [0, 0.1) is 5.92 Å². The van der Waals surface area contributed by atoms with Crippen molar-refractivity contribution >= 4 is 29.3 Å². The van der Waals surface area contributed by atoms with Gasteiger partial charge in [0.05, 0.1) is 0 Å². The number of nitrogens with one attached hydrogen (secondary N) is 1. The molecule has 1 fully saturated rings. The van der Waals surface area contributed by atoms with Gasteiger partial charge in [0.1, 0.15) is 5.70 Å². The Morgan fingerprint density at radius 3 is 2.78 bits per heavy atom. The molecule has 0 spiro atoms. The Hall–Kier alpha value is -1.62. The molecule has 1 amide bonds. The van der Waals surface area contributed by atoms with Gasteiger partial charge in [-0.3, -0.25) is 9.69 Å². The van der Waals surface area contributed by atoms with Crippen LogP contribution in [0.2, 0.25) is 0 Å². The molecule has 1 N–H and O–H groups in total. The average Bonchev–Trinajstić information content (AvgIpc) is 2.88. The first kappa shape index (κ1) is 12.8. The van der Waals surface area contributed by atoms with Crippen LogP contribution in [-0.4, -0.2) is 39.4 Å². The number of amides is 1. The van der Waals surface area contributed by atoms with E-state index in [-0.39, 0.29) is 5.91 Å². The summed E-state index contributed by atoms with van der Waals surface area (Å²) in [7, 11) is 1.83. The van der Waals surface area contributed by atoms with Gasteiger partial charge in [0.2, 0.25) is 0 Å². The fraction of sp³-hybridized carbons (Fsp3) is 0.385. The second kappa shape index (κ2) is 4.94. The predicted molar refractivity (Wildman–Crippen MR) is 75.7 cm³/mol. The lowest BCUT2D eigenvalue weighted by molar-refractivity contribution is -0.122. The molecule has 96 valence electrons. The van der Waals surface area contributed by atoms with Gasteiger partial charge in [0, 0.05) is 25.5 Å². The molecule has 5 heteroatoms. The van der Waals surface area contributed by atoms with E-state index >= 15 is 0 Å². The Morgan fingerprint density at radius 2 is 2.22 bits per heavy atom. The first-order valence-corrected chi connectivity index (χ1v) is 6.36. The molecule has 0 atom stereocenters. The molecule has 18 heavy (non-hydrogen) atoms. The highest BCUT2D eigenvalue weighted by Crippen LogP contribution is 2.22. The second-order valence-electron chi connectivity index (χ2n) is 4.81.